The van der Waals surface area contributed by atoms with Gasteiger partial charge < -0.3 is 33.3 Å². The van der Waals surface area contributed by atoms with Crippen LogP contribution in [0.4, 0.5) is 0 Å². The lowest BCUT2D eigenvalue weighted by atomic mass is 9.97. The first-order valence-corrected chi connectivity index (χ1v) is 46.2. The van der Waals surface area contributed by atoms with Gasteiger partial charge in [-0.15, -0.1) is 0 Å². The first kappa shape index (κ1) is 96.2. The predicted octanol–water partition coefficient (Wildman–Crippen LogP) is 17.4. The van der Waals surface area contributed by atoms with Crippen LogP contribution in [-0.4, -0.2) is 155 Å². The van der Waals surface area contributed by atoms with Crippen molar-refractivity contribution in [2.24, 2.45) is 35.2 Å². The first-order chi connectivity index (χ1) is 66.1. The molecule has 0 saturated heterocycles. The molecule has 0 aliphatic heterocycles. The second-order valence-corrected chi connectivity index (χ2v) is 35.9. The van der Waals surface area contributed by atoms with E-state index < -0.39 is 0 Å². The van der Waals surface area contributed by atoms with Gasteiger partial charge in [-0.3, -0.25) is 41.5 Å². The van der Waals surface area contributed by atoms with Gasteiger partial charge >= 0.3 is 22.8 Å². The van der Waals surface area contributed by atoms with Gasteiger partial charge in [-0.2, -0.15) is 0 Å². The maximum atomic E-state index is 13.1. The van der Waals surface area contributed by atoms with E-state index in [1.807, 2.05) is 214 Å². The lowest BCUT2D eigenvalue weighted by Crippen LogP contribution is -2.23. The molecule has 0 spiro atoms. The highest BCUT2D eigenvalue weighted by atomic mass is 16.5. The molecule has 29 nitrogen and oxygen atoms in total. The third kappa shape index (κ3) is 22.7. The van der Waals surface area contributed by atoms with Crippen LogP contribution in [0.25, 0.3) is 90.2 Å². The highest BCUT2D eigenvalue weighted by Crippen LogP contribution is 2.34. The number of aryl methyl sites for hydroxylation is 5. The van der Waals surface area contributed by atoms with Crippen LogP contribution in [0.1, 0.15) is 141 Å². The number of fused-ring (bicyclic) bond motifs is 4. The van der Waals surface area contributed by atoms with Crippen molar-refractivity contribution < 1.29 is 18.9 Å². The minimum absolute atomic E-state index is 0.115. The summed E-state index contributed by atoms with van der Waals surface area (Å²) in [5.41, 5.74) is 19.2. The van der Waals surface area contributed by atoms with E-state index in [2.05, 4.69) is 133 Å². The molecular weight excluding hydrogens is 1720 g/mol. The summed E-state index contributed by atoms with van der Waals surface area (Å²) in [4.78, 5) is 103. The largest absolute Gasteiger partial charge is 0.494 e. The Balaban J connectivity index is 0.000000139. The zero-order valence-corrected chi connectivity index (χ0v) is 81.0. The third-order valence-corrected chi connectivity index (χ3v) is 24.0. The molecule has 29 heteroatoms. The normalized spacial score (nSPS) is 11.5. The summed E-state index contributed by atoms with van der Waals surface area (Å²) in [7, 11) is 17.1. The van der Waals surface area contributed by atoms with Crippen molar-refractivity contribution in [2.45, 2.75) is 125 Å². The Morgan fingerprint density at radius 1 is 0.321 bits per heavy atom. The molecule has 0 bridgehead atoms. The summed E-state index contributed by atoms with van der Waals surface area (Å²) in [6, 6.07) is 69.7. The lowest BCUT2D eigenvalue weighted by molar-refractivity contribution is 0.261. The average Bonchev–Trinajstić information content (AvgIpc) is 1.64. The number of ether oxygens (including phenoxy) is 4. The molecule has 0 unspecified atom stereocenters. The van der Waals surface area contributed by atoms with Crippen molar-refractivity contribution in [2.75, 3.05) is 54.5 Å². The molecule has 704 valence electrons. The molecule has 0 atom stereocenters. The highest BCUT2D eigenvalue weighted by molar-refractivity contribution is 5.78. The summed E-state index contributed by atoms with van der Waals surface area (Å²) >= 11 is 0. The number of hydrogen-bond acceptors (Lipinski definition) is 20. The fourth-order valence-electron chi connectivity index (χ4n) is 16.5. The van der Waals surface area contributed by atoms with E-state index in [0.717, 1.165) is 98.4 Å². The lowest BCUT2D eigenvalue weighted by Gasteiger charge is -2.12. The number of rotatable bonds is 31. The SMILES string of the molecule is CC(C)c1ccccc1-c1ncc2c(n1)n(Cc1cccc(OCCCN(C)C)c1)c(=O)n2C.CC(C)c1ccccc1-c1ncc2c(n1)n(Cc1cccc(OCCN(C)C)c1)c(=O)n2C.CC(C)c1ccccc1-c1ncc2c(n1)n(Cc1cccc(OCc3ccccn3)c1)c(=O)n2C.CC(C)c1ccccc1-c1ncc2c(n1)n(Cc1cccc(OCc3cncn3C)c1)c(=O)n2C. The van der Waals surface area contributed by atoms with Crippen molar-refractivity contribution in [1.82, 2.24) is 101 Å². The molecule has 10 heterocycles. The maximum absolute atomic E-state index is 13.1. The Morgan fingerprint density at radius 2 is 0.628 bits per heavy atom. The monoisotopic (exact) mass is 1840 g/mol. The third-order valence-electron chi connectivity index (χ3n) is 24.0. The number of imidazole rings is 5. The molecular formula is C108H119N21O8. The van der Waals surface area contributed by atoms with Crippen LogP contribution in [0.5, 0.6) is 23.0 Å². The van der Waals surface area contributed by atoms with E-state index in [4.69, 9.17) is 38.9 Å². The van der Waals surface area contributed by atoms with Gasteiger partial charge in [-0.05, 0) is 163 Å². The van der Waals surface area contributed by atoms with Gasteiger partial charge in [0.25, 0.3) is 0 Å². The van der Waals surface area contributed by atoms with Crippen LogP contribution in [0.3, 0.4) is 0 Å². The highest BCUT2D eigenvalue weighted by Gasteiger charge is 2.24. The Labute approximate surface area is 796 Å². The zero-order chi connectivity index (χ0) is 96.7. The zero-order valence-electron chi connectivity index (χ0n) is 81.0. The van der Waals surface area contributed by atoms with Gasteiger partial charge in [0.2, 0.25) is 0 Å². The smallest absolute Gasteiger partial charge is 0.330 e. The van der Waals surface area contributed by atoms with Crippen molar-refractivity contribution >= 4 is 44.7 Å². The second-order valence-electron chi connectivity index (χ2n) is 35.9. The standard InChI is InChI=1S/C28H27N5O2.C27H28N6O2.C27H33N5O2.C26H31N5O2/c1-19(2)23-12-4-5-13-24(23)26-30-16-25-27(31-26)33(28(34)32(25)3)17-20-9-8-11-22(15-20)35-18-21-10-6-7-14-29-21;1-18(2)22-10-5-6-11-23(22)25-29-14-24-26(30-25)33(27(34)32(24)4)15-19-8-7-9-21(12-19)35-16-20-13-28-17-31(20)3;1-19(2)22-12-6-7-13-23(22)25-28-17-24-26(29-25)32(27(33)31(24)5)18-20-10-8-11-21(16-20)34-15-9-14-30(3)4;1-18(2)21-11-6-7-12-22(21)24-27-16-23-25(28-24)31(26(32)30(23)5)17-19-9-8-10-20(15-19)33-14-13-29(3)4/h4-16,19H,17-18H2,1-3H3;5-14,17-18H,15-16H2,1-4H3;6-8,10-13,16-17,19H,9,14-15,18H2,1-5H3;6-12,15-16,18H,13-14,17H2,1-5H3. The molecule has 10 aromatic heterocycles. The molecule has 18 aromatic rings. The number of hydrogen-bond donors (Lipinski definition) is 0. The van der Waals surface area contributed by atoms with E-state index in [1.54, 1.807) is 108 Å². The van der Waals surface area contributed by atoms with E-state index >= 15 is 0 Å². The van der Waals surface area contributed by atoms with Crippen molar-refractivity contribution in [3.8, 4) is 68.5 Å². The topological polar surface area (TPSA) is 285 Å². The molecule has 137 heavy (non-hydrogen) atoms. The van der Waals surface area contributed by atoms with Crippen LogP contribution in [-0.2, 0) is 74.6 Å². The number of pyridine rings is 1. The van der Waals surface area contributed by atoms with Gasteiger partial charge in [0.15, 0.2) is 45.9 Å². The molecule has 0 fully saturated rings. The predicted molar refractivity (Wildman–Crippen MR) is 540 cm³/mol. The Hall–Kier alpha value is -15.4. The summed E-state index contributed by atoms with van der Waals surface area (Å²) in [6.07, 6.45) is 13.2. The minimum atomic E-state index is -0.136. The number of likely N-dealkylation sites (N-methyl/N-ethyl adjacent to an activating group) is 1. The van der Waals surface area contributed by atoms with Crippen LogP contribution in [0.2, 0.25) is 0 Å². The van der Waals surface area contributed by atoms with Gasteiger partial charge in [-0.1, -0.05) is 207 Å². The Kier molecular flexibility index (Phi) is 30.7. The van der Waals surface area contributed by atoms with Gasteiger partial charge in [0.1, 0.15) is 64.9 Å². The molecule has 18 rings (SSSR count). The molecule has 0 N–H and O–H groups in total. The van der Waals surface area contributed by atoms with Gasteiger partial charge in [0.05, 0.1) is 81.5 Å². The fraction of sp³-hybridized carbons (Fsp3) is 0.296. The number of aromatic nitrogens is 19. The van der Waals surface area contributed by atoms with E-state index in [1.165, 1.54) is 22.3 Å². The Bertz CT molecular complexity index is 7510. The van der Waals surface area contributed by atoms with Crippen LogP contribution in [0.15, 0.2) is 275 Å². The number of nitrogens with zero attached hydrogens (tertiary/aromatic N) is 21. The fourth-order valence-corrected chi connectivity index (χ4v) is 16.5. The molecule has 8 aromatic carbocycles. The van der Waals surface area contributed by atoms with Crippen LogP contribution >= 0.6 is 0 Å². The molecule has 0 aliphatic carbocycles. The molecule has 0 amide bonds. The quantitative estimate of drug-likeness (QED) is 0.0365. The summed E-state index contributed by atoms with van der Waals surface area (Å²) < 4.78 is 38.8. The van der Waals surface area contributed by atoms with Crippen molar-refractivity contribution in [3.63, 3.8) is 0 Å². The van der Waals surface area contributed by atoms with Crippen molar-refractivity contribution in [1.29, 1.82) is 0 Å². The maximum Gasteiger partial charge on any atom is 0.330 e. The van der Waals surface area contributed by atoms with Crippen LogP contribution < -0.4 is 41.7 Å². The average molecular weight is 1840 g/mol. The number of benzene rings is 8. The van der Waals surface area contributed by atoms with Crippen molar-refractivity contribution in [3.05, 3.63) is 354 Å². The summed E-state index contributed by atoms with van der Waals surface area (Å²) in [5.74, 6) is 6.91. The minimum Gasteiger partial charge on any atom is -0.494 e. The van der Waals surface area contributed by atoms with Gasteiger partial charge in [-0.25, -0.2) is 64.0 Å². The van der Waals surface area contributed by atoms with Gasteiger partial charge in [0, 0.05) is 76.8 Å². The first-order valence-electron chi connectivity index (χ1n) is 46.2. The van der Waals surface area contributed by atoms with E-state index in [-0.39, 0.29) is 22.8 Å². The second kappa shape index (κ2) is 43.8. The van der Waals surface area contributed by atoms with E-state index in [9.17, 15) is 19.2 Å². The molecule has 0 saturated carbocycles. The summed E-state index contributed by atoms with van der Waals surface area (Å²) in [5, 5.41) is 0. The van der Waals surface area contributed by atoms with Crippen LogP contribution in [0, 0.1) is 0 Å². The summed E-state index contributed by atoms with van der Waals surface area (Å²) in [6.45, 7) is 22.7. The molecule has 0 aliphatic rings. The van der Waals surface area contributed by atoms with E-state index in [0.29, 0.717) is 144 Å². The molecule has 0 radical (unpaired) electrons. The Morgan fingerprint density at radius 3 is 0.927 bits per heavy atom.